The minimum Gasteiger partial charge on any atom is -0.465 e. The van der Waals surface area contributed by atoms with Crippen LogP contribution in [0.1, 0.15) is 62.1 Å². The van der Waals surface area contributed by atoms with E-state index in [4.69, 9.17) is 16.3 Å². The molecule has 0 atom stereocenters. The third kappa shape index (κ3) is 9.77. The third-order valence-electron chi connectivity index (χ3n) is 10.2. The van der Waals surface area contributed by atoms with E-state index >= 15 is 0 Å². The van der Waals surface area contributed by atoms with Crippen LogP contribution in [0.3, 0.4) is 0 Å². The summed E-state index contributed by atoms with van der Waals surface area (Å²) < 4.78 is 4.88. The first-order valence-electron chi connectivity index (χ1n) is 17.8. The zero-order chi connectivity index (χ0) is 35.4. The van der Waals surface area contributed by atoms with Gasteiger partial charge < -0.3 is 35.6 Å². The lowest BCUT2D eigenvalue weighted by atomic mass is 9.71. The summed E-state index contributed by atoms with van der Waals surface area (Å²) in [4.78, 5) is 41.6. The Morgan fingerprint density at radius 2 is 1.48 bits per heavy atom. The zero-order valence-electron chi connectivity index (χ0n) is 28.9. The van der Waals surface area contributed by atoms with Crippen molar-refractivity contribution in [3.05, 3.63) is 107 Å². The second-order valence-electron chi connectivity index (χ2n) is 13.3. The van der Waals surface area contributed by atoms with Crippen molar-refractivity contribution in [1.82, 2.24) is 25.8 Å². The molecule has 2 saturated heterocycles. The number of amides is 4. The van der Waals surface area contributed by atoms with Gasteiger partial charge in [-0.2, -0.15) is 0 Å². The quantitative estimate of drug-likeness (QED) is 0.176. The molecule has 0 saturated carbocycles. The largest absolute Gasteiger partial charge is 0.465 e. The van der Waals surface area contributed by atoms with Gasteiger partial charge in [0.05, 0.1) is 12.2 Å². The first-order chi connectivity index (χ1) is 24.2. The average molecular weight is 704 g/mol. The lowest BCUT2D eigenvalue weighted by Gasteiger charge is -2.40. The normalized spacial score (nSPS) is 16.7. The molecule has 2 aliphatic heterocycles. The van der Waals surface area contributed by atoms with Crippen molar-refractivity contribution in [1.29, 1.82) is 0 Å². The van der Waals surface area contributed by atoms with Crippen molar-refractivity contribution in [2.75, 3.05) is 52.4 Å². The van der Waals surface area contributed by atoms with Crippen molar-refractivity contribution in [3.8, 4) is 0 Å². The highest BCUT2D eigenvalue weighted by Gasteiger charge is 2.37. The summed E-state index contributed by atoms with van der Waals surface area (Å²) in [5, 5.41) is 21.0. The van der Waals surface area contributed by atoms with Gasteiger partial charge in [0, 0.05) is 49.2 Å². The highest BCUT2D eigenvalue weighted by Crippen LogP contribution is 2.38. The number of piperidine rings is 2. The number of nitrogens with one attached hydrogen (secondary N) is 3. The van der Waals surface area contributed by atoms with Crippen molar-refractivity contribution in [2.45, 2.75) is 62.5 Å². The van der Waals surface area contributed by atoms with Crippen LogP contribution in [0.5, 0.6) is 0 Å². The molecule has 10 nitrogen and oxygen atoms in total. The topological polar surface area (TPSA) is 123 Å². The van der Waals surface area contributed by atoms with Gasteiger partial charge in [-0.1, -0.05) is 84.4 Å². The Balaban J connectivity index is 1.18. The number of ether oxygens (including phenoxy) is 1. The Morgan fingerprint density at radius 3 is 2.06 bits per heavy atom. The molecule has 0 unspecified atom stereocenters. The zero-order valence-corrected chi connectivity index (χ0v) is 29.7. The van der Waals surface area contributed by atoms with Crippen LogP contribution < -0.4 is 16.0 Å². The second-order valence-corrected chi connectivity index (χ2v) is 13.8. The first-order valence-corrected chi connectivity index (χ1v) is 18.1. The van der Waals surface area contributed by atoms with E-state index in [1.807, 2.05) is 60.7 Å². The molecule has 0 radical (unpaired) electrons. The molecular formula is C39H50ClN5O5. The highest BCUT2D eigenvalue weighted by molar-refractivity contribution is 6.30. The van der Waals surface area contributed by atoms with Crippen LogP contribution in [0.25, 0.3) is 0 Å². The van der Waals surface area contributed by atoms with Crippen LogP contribution >= 0.6 is 11.6 Å². The number of benzene rings is 3. The van der Waals surface area contributed by atoms with Crippen LogP contribution in [0.2, 0.25) is 5.02 Å². The van der Waals surface area contributed by atoms with Crippen LogP contribution in [0.4, 0.5) is 9.59 Å². The van der Waals surface area contributed by atoms with Gasteiger partial charge in [0.25, 0.3) is 0 Å². The first kappa shape index (κ1) is 37.1. The second kappa shape index (κ2) is 17.7. The number of rotatable bonds is 13. The number of hydrogen-bond acceptors (Lipinski definition) is 6. The number of urea groups is 2. The van der Waals surface area contributed by atoms with Gasteiger partial charge in [0.2, 0.25) is 0 Å². The Labute approximate surface area is 300 Å². The van der Waals surface area contributed by atoms with E-state index in [2.05, 4.69) is 45.1 Å². The van der Waals surface area contributed by atoms with Gasteiger partial charge >= 0.3 is 18.0 Å². The van der Waals surface area contributed by atoms with Crippen molar-refractivity contribution < 1.29 is 24.2 Å². The Morgan fingerprint density at radius 1 is 0.880 bits per heavy atom. The van der Waals surface area contributed by atoms with Crippen molar-refractivity contribution >= 4 is 29.6 Å². The molecule has 268 valence electrons. The molecule has 3 aromatic carbocycles. The molecule has 2 heterocycles. The van der Waals surface area contributed by atoms with Crippen LogP contribution in [0.15, 0.2) is 84.9 Å². The smallest absolute Gasteiger partial charge is 0.325 e. The van der Waals surface area contributed by atoms with Crippen molar-refractivity contribution in [2.24, 2.45) is 0 Å². The Kier molecular flexibility index (Phi) is 13.1. The molecule has 0 aromatic heterocycles. The number of nitrogens with zero attached hydrogens (tertiary/aromatic N) is 2. The van der Waals surface area contributed by atoms with E-state index in [-0.39, 0.29) is 31.3 Å². The molecular weight excluding hydrogens is 654 g/mol. The lowest BCUT2D eigenvalue weighted by Crippen LogP contribution is -2.53. The predicted octanol–water partition coefficient (Wildman–Crippen LogP) is 5.43. The number of aliphatic hydroxyl groups is 1. The van der Waals surface area contributed by atoms with Gasteiger partial charge in [0.15, 0.2) is 0 Å². The lowest BCUT2D eigenvalue weighted by molar-refractivity contribution is -0.141. The molecule has 0 spiro atoms. The number of halogens is 1. The Hall–Kier alpha value is -4.12. The fourth-order valence-corrected chi connectivity index (χ4v) is 7.35. The highest BCUT2D eigenvalue weighted by atomic mass is 35.5. The molecule has 4 N–H and O–H groups in total. The number of carbonyl (C=O) groups excluding carboxylic acids is 3. The Bertz CT molecular complexity index is 1490. The van der Waals surface area contributed by atoms with Crippen LogP contribution in [-0.2, 0) is 20.5 Å². The van der Waals surface area contributed by atoms with E-state index < -0.39 is 17.0 Å². The van der Waals surface area contributed by atoms with Crippen LogP contribution in [-0.4, -0.2) is 91.4 Å². The van der Waals surface area contributed by atoms with Crippen molar-refractivity contribution in [3.63, 3.8) is 0 Å². The molecule has 50 heavy (non-hydrogen) atoms. The van der Waals surface area contributed by atoms with Gasteiger partial charge in [-0.15, -0.1) is 0 Å². The summed E-state index contributed by atoms with van der Waals surface area (Å²) in [5.74, 6) is -0.467. The maximum atomic E-state index is 13.4. The number of esters is 1. The minimum absolute atomic E-state index is 0.0717. The number of hydrogen-bond donors (Lipinski definition) is 4. The number of likely N-dealkylation sites (tertiary alicyclic amines) is 2. The molecule has 5 rings (SSSR count). The maximum Gasteiger partial charge on any atom is 0.325 e. The molecule has 2 aliphatic rings. The summed E-state index contributed by atoms with van der Waals surface area (Å²) in [7, 11) is 0. The third-order valence-corrected chi connectivity index (χ3v) is 10.4. The van der Waals surface area contributed by atoms with Gasteiger partial charge in [0.1, 0.15) is 6.54 Å². The van der Waals surface area contributed by atoms with Gasteiger partial charge in [-0.3, -0.25) is 4.79 Å². The molecule has 0 aliphatic carbocycles. The minimum atomic E-state index is -0.844. The van der Waals surface area contributed by atoms with E-state index in [1.165, 1.54) is 0 Å². The van der Waals surface area contributed by atoms with Gasteiger partial charge in [-0.25, -0.2) is 9.59 Å². The summed E-state index contributed by atoms with van der Waals surface area (Å²) in [6, 6.07) is 27.7. The number of carbonyl (C=O) groups is 3. The van der Waals surface area contributed by atoms with E-state index in [0.29, 0.717) is 50.3 Å². The summed E-state index contributed by atoms with van der Waals surface area (Å²) in [6.45, 7) is 5.68. The molecule has 4 amide bonds. The molecule has 0 bridgehead atoms. The maximum absolute atomic E-state index is 13.4. The van der Waals surface area contributed by atoms with E-state index in [9.17, 15) is 19.5 Å². The standard InChI is InChI=1S/C39H50ClN5O5/c1-2-50-35(46)28-41-37(48)45-24-18-34(19-25-45)43-36(47)42-29-38(30-10-5-3-6-11-30,31-12-7-4-8-13-31)20-9-23-44-26-21-39(49,22-27-44)32-14-16-33(40)17-15-32/h3-8,10-17,34,49H,2,9,18-29H2,1H3,(H,41,48)(H2,42,43,47). The summed E-state index contributed by atoms with van der Waals surface area (Å²) in [6.07, 6.45) is 4.28. The molecule has 11 heteroatoms. The van der Waals surface area contributed by atoms with E-state index in [1.54, 1.807) is 11.8 Å². The SMILES string of the molecule is CCOC(=O)CNC(=O)N1CCC(NC(=O)NCC(CCCN2CCC(O)(c3ccc(Cl)cc3)CC2)(c2ccccc2)c2ccccc2)CC1. The summed E-state index contributed by atoms with van der Waals surface area (Å²) in [5.41, 5.74) is 1.90. The summed E-state index contributed by atoms with van der Waals surface area (Å²) >= 11 is 6.08. The van der Waals surface area contributed by atoms with E-state index in [0.717, 1.165) is 49.2 Å². The van der Waals surface area contributed by atoms with Crippen LogP contribution in [0, 0.1) is 0 Å². The monoisotopic (exact) mass is 703 g/mol. The fourth-order valence-electron chi connectivity index (χ4n) is 7.23. The molecule has 2 fully saturated rings. The van der Waals surface area contributed by atoms with Gasteiger partial charge in [-0.05, 0) is 80.8 Å². The average Bonchev–Trinajstić information content (AvgIpc) is 3.14. The molecule has 3 aromatic rings. The predicted molar refractivity (Wildman–Crippen MR) is 195 cm³/mol. The fraction of sp³-hybridized carbons (Fsp3) is 0.462.